The summed E-state index contributed by atoms with van der Waals surface area (Å²) in [5, 5.41) is 9.25. The number of hydrogen-bond acceptors (Lipinski definition) is 4. The number of carbonyl (C=O) groups is 2. The summed E-state index contributed by atoms with van der Waals surface area (Å²) < 4.78 is 10.2. The number of methoxy groups -OCH3 is 2. The quantitative estimate of drug-likeness (QED) is 0.755. The molecule has 2 atom stereocenters. The van der Waals surface area contributed by atoms with Crippen LogP contribution in [0.3, 0.4) is 0 Å². The Balaban J connectivity index is 2.74. The van der Waals surface area contributed by atoms with Crippen molar-refractivity contribution in [2.24, 2.45) is 5.41 Å². The van der Waals surface area contributed by atoms with Gasteiger partial charge in [0.2, 0.25) is 0 Å². The molecule has 7 nitrogen and oxygen atoms in total. The van der Waals surface area contributed by atoms with Crippen LogP contribution >= 0.6 is 0 Å². The molecule has 0 saturated carbocycles. The minimum Gasteiger partial charge on any atom is -0.481 e. The van der Waals surface area contributed by atoms with Crippen LogP contribution in [0.1, 0.15) is 20.3 Å². The van der Waals surface area contributed by atoms with Crippen molar-refractivity contribution in [2.45, 2.75) is 26.3 Å². The maximum Gasteiger partial charge on any atom is 0.320 e. The molecule has 122 valence electrons. The molecule has 1 rings (SSSR count). The Hall–Kier alpha value is -1.34. The molecule has 0 radical (unpaired) electrons. The van der Waals surface area contributed by atoms with Crippen LogP contribution in [0.25, 0.3) is 0 Å². The van der Waals surface area contributed by atoms with Gasteiger partial charge < -0.3 is 24.4 Å². The fraction of sp³-hybridized carbons (Fsp3) is 0.857. The third kappa shape index (κ3) is 4.31. The fourth-order valence-corrected chi connectivity index (χ4v) is 2.51. The van der Waals surface area contributed by atoms with E-state index in [1.165, 1.54) is 0 Å². The van der Waals surface area contributed by atoms with Crippen LogP contribution in [0.15, 0.2) is 0 Å². The number of amides is 2. The van der Waals surface area contributed by atoms with Crippen molar-refractivity contribution in [3.8, 4) is 0 Å². The first-order valence-corrected chi connectivity index (χ1v) is 7.12. The molecule has 1 N–H and O–H groups in total. The van der Waals surface area contributed by atoms with Crippen LogP contribution < -0.4 is 0 Å². The molecule has 1 fully saturated rings. The van der Waals surface area contributed by atoms with Crippen molar-refractivity contribution in [1.82, 2.24) is 9.80 Å². The van der Waals surface area contributed by atoms with Crippen LogP contribution in [0.5, 0.6) is 0 Å². The number of likely N-dealkylation sites (tertiary alicyclic amines) is 1. The predicted octanol–water partition coefficient (Wildman–Crippen LogP) is 0.886. The Bertz CT molecular complexity index is 376. The van der Waals surface area contributed by atoms with E-state index in [-0.39, 0.29) is 18.6 Å². The molecular formula is C14H26N2O5. The molecule has 0 spiro atoms. The van der Waals surface area contributed by atoms with E-state index < -0.39 is 11.4 Å². The maximum atomic E-state index is 12.6. The number of carboxylic acid groups (broad SMARTS) is 1. The third-order valence-corrected chi connectivity index (χ3v) is 3.98. The average molecular weight is 302 g/mol. The Labute approximate surface area is 125 Å². The SMILES string of the molecule is COCCN(C(=O)N1CCC(C)(C(=O)O)C1)C(C)COC. The molecule has 1 saturated heterocycles. The molecule has 21 heavy (non-hydrogen) atoms. The van der Waals surface area contributed by atoms with Gasteiger partial charge in [-0.15, -0.1) is 0 Å². The van der Waals surface area contributed by atoms with Gasteiger partial charge in [0.05, 0.1) is 24.7 Å². The van der Waals surface area contributed by atoms with E-state index in [1.54, 1.807) is 30.9 Å². The number of rotatable bonds is 7. The molecule has 1 aliphatic rings. The highest BCUT2D eigenvalue weighted by Gasteiger charge is 2.43. The van der Waals surface area contributed by atoms with Crippen molar-refractivity contribution >= 4 is 12.0 Å². The minimum absolute atomic E-state index is 0.0886. The van der Waals surface area contributed by atoms with Gasteiger partial charge in [0.25, 0.3) is 0 Å². The number of urea groups is 1. The highest BCUT2D eigenvalue weighted by Crippen LogP contribution is 2.30. The highest BCUT2D eigenvalue weighted by molar-refractivity contribution is 5.79. The molecule has 0 aliphatic carbocycles. The number of aliphatic carboxylic acids is 1. The van der Waals surface area contributed by atoms with E-state index in [0.717, 1.165) is 0 Å². The molecule has 2 unspecified atom stereocenters. The Morgan fingerprint density at radius 2 is 2.05 bits per heavy atom. The van der Waals surface area contributed by atoms with E-state index in [2.05, 4.69) is 0 Å². The number of carboxylic acids is 1. The zero-order chi connectivity index (χ0) is 16.0. The van der Waals surface area contributed by atoms with Gasteiger partial charge in [0.1, 0.15) is 0 Å². The summed E-state index contributed by atoms with van der Waals surface area (Å²) in [6.07, 6.45) is 0.477. The van der Waals surface area contributed by atoms with Crippen LogP contribution in [0.4, 0.5) is 4.79 Å². The van der Waals surface area contributed by atoms with Gasteiger partial charge in [-0.2, -0.15) is 0 Å². The highest BCUT2D eigenvalue weighted by atomic mass is 16.5. The fourth-order valence-electron chi connectivity index (χ4n) is 2.51. The molecule has 1 heterocycles. The minimum atomic E-state index is -0.855. The average Bonchev–Trinajstić information content (AvgIpc) is 2.83. The normalized spacial score (nSPS) is 23.1. The summed E-state index contributed by atoms with van der Waals surface area (Å²) in [7, 11) is 3.17. The lowest BCUT2D eigenvalue weighted by Crippen LogP contribution is -2.50. The van der Waals surface area contributed by atoms with E-state index in [9.17, 15) is 14.7 Å². The Morgan fingerprint density at radius 1 is 1.38 bits per heavy atom. The van der Waals surface area contributed by atoms with Crippen LogP contribution in [-0.4, -0.2) is 80.0 Å². The zero-order valence-electron chi connectivity index (χ0n) is 13.3. The van der Waals surface area contributed by atoms with Gasteiger partial charge in [-0.05, 0) is 20.3 Å². The lowest BCUT2D eigenvalue weighted by molar-refractivity contribution is -0.147. The van der Waals surface area contributed by atoms with E-state index >= 15 is 0 Å². The largest absolute Gasteiger partial charge is 0.481 e. The van der Waals surface area contributed by atoms with Crippen molar-refractivity contribution in [1.29, 1.82) is 0 Å². The van der Waals surface area contributed by atoms with Gasteiger partial charge in [-0.1, -0.05) is 0 Å². The number of carbonyl (C=O) groups excluding carboxylic acids is 1. The predicted molar refractivity (Wildman–Crippen MR) is 77.2 cm³/mol. The van der Waals surface area contributed by atoms with E-state index in [1.807, 2.05) is 6.92 Å². The lowest BCUT2D eigenvalue weighted by atomic mass is 9.90. The van der Waals surface area contributed by atoms with Gasteiger partial charge in [0.15, 0.2) is 0 Å². The van der Waals surface area contributed by atoms with Crippen molar-refractivity contribution in [3.63, 3.8) is 0 Å². The molecule has 0 aromatic rings. The number of nitrogens with zero attached hydrogens (tertiary/aromatic N) is 2. The zero-order valence-corrected chi connectivity index (χ0v) is 13.3. The van der Waals surface area contributed by atoms with Gasteiger partial charge >= 0.3 is 12.0 Å². The summed E-state index contributed by atoms with van der Waals surface area (Å²) >= 11 is 0. The van der Waals surface area contributed by atoms with Crippen LogP contribution in [-0.2, 0) is 14.3 Å². The number of ether oxygens (including phenoxy) is 2. The first-order chi connectivity index (χ1) is 9.85. The first kappa shape index (κ1) is 17.7. The molecule has 1 aliphatic heterocycles. The standard InChI is InChI=1S/C14H26N2O5/c1-11(9-21-4)16(7-8-20-3)13(19)15-6-5-14(2,10-15)12(17)18/h11H,5-10H2,1-4H3,(H,17,18). The van der Waals surface area contributed by atoms with Crippen LogP contribution in [0.2, 0.25) is 0 Å². The van der Waals surface area contributed by atoms with Crippen molar-refractivity contribution in [2.75, 3.05) is 47.1 Å². The van der Waals surface area contributed by atoms with Gasteiger partial charge in [-0.3, -0.25) is 4.79 Å². The lowest BCUT2D eigenvalue weighted by Gasteiger charge is -2.33. The summed E-state index contributed by atoms with van der Waals surface area (Å²) in [6.45, 7) is 5.61. The second kappa shape index (κ2) is 7.61. The molecule has 0 bridgehead atoms. The third-order valence-electron chi connectivity index (χ3n) is 3.98. The second-order valence-electron chi connectivity index (χ2n) is 5.81. The molecular weight excluding hydrogens is 276 g/mol. The Morgan fingerprint density at radius 3 is 2.52 bits per heavy atom. The summed E-state index contributed by atoms with van der Waals surface area (Å²) in [4.78, 5) is 27.2. The van der Waals surface area contributed by atoms with E-state index in [4.69, 9.17) is 9.47 Å². The Kier molecular flexibility index (Phi) is 6.42. The summed E-state index contributed by atoms with van der Waals surface area (Å²) in [5.41, 5.74) is -0.854. The smallest absolute Gasteiger partial charge is 0.320 e. The van der Waals surface area contributed by atoms with Gasteiger partial charge in [-0.25, -0.2) is 4.79 Å². The monoisotopic (exact) mass is 302 g/mol. The molecule has 0 aromatic carbocycles. The summed E-state index contributed by atoms with van der Waals surface area (Å²) in [5.74, 6) is -0.855. The van der Waals surface area contributed by atoms with Gasteiger partial charge in [0, 0.05) is 33.9 Å². The first-order valence-electron chi connectivity index (χ1n) is 7.12. The molecule has 2 amide bonds. The maximum absolute atomic E-state index is 12.6. The van der Waals surface area contributed by atoms with Crippen molar-refractivity contribution in [3.05, 3.63) is 0 Å². The molecule has 0 aromatic heterocycles. The summed E-state index contributed by atoms with van der Waals surface area (Å²) in [6, 6.07) is -0.240. The molecule has 7 heteroatoms. The topological polar surface area (TPSA) is 79.3 Å². The number of hydrogen-bond donors (Lipinski definition) is 1. The second-order valence-corrected chi connectivity index (χ2v) is 5.81. The van der Waals surface area contributed by atoms with Crippen LogP contribution in [0, 0.1) is 5.41 Å². The van der Waals surface area contributed by atoms with E-state index in [0.29, 0.717) is 32.7 Å². The van der Waals surface area contributed by atoms with Crippen molar-refractivity contribution < 1.29 is 24.2 Å².